The standard InChI is InChI=1S/C28H23ClF3N3O2/c29-24-8-1-2-9-25(24)35-22(17-26(33-35)28(30,31)32)18-37-23-12-10-19(11-13-23)20-6-5-7-21(16-20)27(36)34-14-3-4-15-34/h1-2,5-13,16-17H,3-4,14-15,18H2. The quantitative estimate of drug-likeness (QED) is 0.271. The molecule has 1 saturated heterocycles. The van der Waals surface area contributed by atoms with Gasteiger partial charge < -0.3 is 9.64 Å². The van der Waals surface area contributed by atoms with Crippen LogP contribution in [-0.2, 0) is 12.8 Å². The van der Waals surface area contributed by atoms with Crippen molar-refractivity contribution < 1.29 is 22.7 Å². The van der Waals surface area contributed by atoms with Crippen molar-refractivity contribution in [2.24, 2.45) is 0 Å². The van der Waals surface area contributed by atoms with Crippen LogP contribution in [0.2, 0.25) is 5.02 Å². The van der Waals surface area contributed by atoms with Gasteiger partial charge in [-0.3, -0.25) is 4.79 Å². The lowest BCUT2D eigenvalue weighted by atomic mass is 10.0. The molecule has 9 heteroatoms. The van der Waals surface area contributed by atoms with Gasteiger partial charge in [0.1, 0.15) is 12.4 Å². The van der Waals surface area contributed by atoms with Crippen LogP contribution in [0.3, 0.4) is 0 Å². The highest BCUT2D eigenvalue weighted by molar-refractivity contribution is 6.32. The third-order valence-electron chi connectivity index (χ3n) is 6.23. The Morgan fingerprint density at radius 2 is 1.65 bits per heavy atom. The molecule has 37 heavy (non-hydrogen) atoms. The molecule has 5 rings (SSSR count). The summed E-state index contributed by atoms with van der Waals surface area (Å²) in [6.07, 6.45) is -2.54. The first-order valence-electron chi connectivity index (χ1n) is 11.8. The van der Waals surface area contributed by atoms with E-state index in [9.17, 15) is 18.0 Å². The summed E-state index contributed by atoms with van der Waals surface area (Å²) >= 11 is 6.21. The van der Waals surface area contributed by atoms with Crippen molar-refractivity contribution in [1.29, 1.82) is 0 Å². The van der Waals surface area contributed by atoms with Crippen LogP contribution < -0.4 is 4.74 Å². The number of alkyl halides is 3. The zero-order valence-electron chi connectivity index (χ0n) is 19.7. The van der Waals surface area contributed by atoms with E-state index >= 15 is 0 Å². The fraction of sp³-hybridized carbons (Fsp3) is 0.214. The van der Waals surface area contributed by atoms with E-state index in [0.717, 1.165) is 47.8 Å². The number of nitrogens with zero attached hydrogens (tertiary/aromatic N) is 3. The highest BCUT2D eigenvalue weighted by atomic mass is 35.5. The maximum atomic E-state index is 13.4. The van der Waals surface area contributed by atoms with E-state index in [4.69, 9.17) is 16.3 Å². The van der Waals surface area contributed by atoms with Gasteiger partial charge in [-0.25, -0.2) is 4.68 Å². The minimum absolute atomic E-state index is 0.0349. The van der Waals surface area contributed by atoms with E-state index in [1.54, 1.807) is 36.4 Å². The number of aromatic nitrogens is 2. The molecule has 1 aliphatic heterocycles. The number of amides is 1. The summed E-state index contributed by atoms with van der Waals surface area (Å²) in [5, 5.41) is 4.00. The molecule has 1 fully saturated rings. The third-order valence-corrected chi connectivity index (χ3v) is 6.55. The molecule has 0 atom stereocenters. The van der Waals surface area contributed by atoms with Gasteiger partial charge in [0, 0.05) is 18.7 Å². The summed E-state index contributed by atoms with van der Waals surface area (Å²) in [7, 11) is 0. The van der Waals surface area contributed by atoms with Gasteiger partial charge in [0.05, 0.1) is 16.4 Å². The number of para-hydroxylation sites is 1. The molecule has 0 N–H and O–H groups in total. The van der Waals surface area contributed by atoms with Crippen molar-refractivity contribution in [3.8, 4) is 22.6 Å². The monoisotopic (exact) mass is 525 g/mol. The molecule has 1 amide bonds. The van der Waals surface area contributed by atoms with Gasteiger partial charge in [-0.15, -0.1) is 0 Å². The molecular formula is C28H23ClF3N3O2. The molecule has 0 aliphatic carbocycles. The Morgan fingerprint density at radius 1 is 0.919 bits per heavy atom. The second-order valence-electron chi connectivity index (χ2n) is 8.78. The number of carbonyl (C=O) groups is 1. The molecule has 0 radical (unpaired) electrons. The molecule has 5 nitrogen and oxygen atoms in total. The third kappa shape index (κ3) is 5.49. The van der Waals surface area contributed by atoms with Crippen LogP contribution in [0.25, 0.3) is 16.8 Å². The molecule has 0 unspecified atom stereocenters. The molecule has 2 heterocycles. The van der Waals surface area contributed by atoms with Crippen molar-refractivity contribution in [1.82, 2.24) is 14.7 Å². The van der Waals surface area contributed by atoms with Gasteiger partial charge in [-0.05, 0) is 66.4 Å². The molecule has 190 valence electrons. The summed E-state index contributed by atoms with van der Waals surface area (Å²) in [5.74, 6) is 0.515. The minimum Gasteiger partial charge on any atom is -0.487 e. The molecule has 0 bridgehead atoms. The molecule has 1 aromatic heterocycles. The van der Waals surface area contributed by atoms with Crippen LogP contribution in [0.15, 0.2) is 78.9 Å². The number of halogens is 4. The largest absolute Gasteiger partial charge is 0.487 e. The topological polar surface area (TPSA) is 47.4 Å². The zero-order chi connectivity index (χ0) is 26.0. The van der Waals surface area contributed by atoms with Crippen molar-refractivity contribution in [3.05, 3.63) is 101 Å². The van der Waals surface area contributed by atoms with E-state index in [1.165, 1.54) is 0 Å². The van der Waals surface area contributed by atoms with Crippen molar-refractivity contribution in [2.75, 3.05) is 13.1 Å². The first kappa shape index (κ1) is 24.9. The van der Waals surface area contributed by atoms with E-state index in [2.05, 4.69) is 5.10 Å². The van der Waals surface area contributed by atoms with Gasteiger partial charge in [0.25, 0.3) is 5.91 Å². The Kier molecular flexibility index (Phi) is 6.93. The van der Waals surface area contributed by atoms with Gasteiger partial charge in [-0.1, -0.05) is 48.0 Å². The Balaban J connectivity index is 1.33. The van der Waals surface area contributed by atoms with Crippen LogP contribution in [0.5, 0.6) is 5.75 Å². The van der Waals surface area contributed by atoms with E-state index in [-0.39, 0.29) is 23.2 Å². The van der Waals surface area contributed by atoms with Crippen molar-refractivity contribution in [2.45, 2.75) is 25.6 Å². The molecule has 3 aromatic carbocycles. The Labute approximate surface area is 217 Å². The second-order valence-corrected chi connectivity index (χ2v) is 9.18. The first-order chi connectivity index (χ1) is 17.8. The highest BCUT2D eigenvalue weighted by Crippen LogP contribution is 2.32. The number of hydrogen-bond acceptors (Lipinski definition) is 3. The lowest BCUT2D eigenvalue weighted by molar-refractivity contribution is -0.141. The van der Waals surface area contributed by atoms with Gasteiger partial charge in [0.2, 0.25) is 0 Å². The number of ether oxygens (including phenoxy) is 1. The SMILES string of the molecule is O=C(c1cccc(-c2ccc(OCc3cc(C(F)(F)F)nn3-c3ccccc3Cl)cc2)c1)N1CCCC1. The fourth-order valence-electron chi connectivity index (χ4n) is 4.33. The summed E-state index contributed by atoms with van der Waals surface area (Å²) in [6.45, 7) is 1.43. The Bertz CT molecular complexity index is 1410. The summed E-state index contributed by atoms with van der Waals surface area (Å²) in [5.41, 5.74) is 1.94. The predicted octanol–water partition coefficient (Wildman–Crippen LogP) is 7.03. The lowest BCUT2D eigenvalue weighted by Crippen LogP contribution is -2.27. The second kappa shape index (κ2) is 10.3. The van der Waals surface area contributed by atoms with E-state index in [0.29, 0.717) is 17.0 Å². The summed E-state index contributed by atoms with van der Waals surface area (Å²) in [4.78, 5) is 14.6. The Morgan fingerprint density at radius 3 is 2.35 bits per heavy atom. The molecule has 4 aromatic rings. The molecular weight excluding hydrogens is 503 g/mol. The van der Waals surface area contributed by atoms with Crippen LogP contribution in [0.1, 0.15) is 34.6 Å². The van der Waals surface area contributed by atoms with Gasteiger partial charge in [-0.2, -0.15) is 18.3 Å². The number of carbonyl (C=O) groups excluding carboxylic acids is 1. The van der Waals surface area contributed by atoms with Crippen LogP contribution in [0, 0.1) is 0 Å². The number of benzene rings is 3. The minimum atomic E-state index is -4.60. The van der Waals surface area contributed by atoms with E-state index in [1.807, 2.05) is 41.3 Å². The van der Waals surface area contributed by atoms with Gasteiger partial charge >= 0.3 is 6.18 Å². The average Bonchev–Trinajstić information content (AvgIpc) is 3.58. The molecule has 0 spiro atoms. The number of likely N-dealkylation sites (tertiary alicyclic amines) is 1. The van der Waals surface area contributed by atoms with Gasteiger partial charge in [0.15, 0.2) is 5.69 Å². The maximum absolute atomic E-state index is 13.4. The Hall–Kier alpha value is -3.78. The van der Waals surface area contributed by atoms with Crippen LogP contribution >= 0.6 is 11.6 Å². The smallest absolute Gasteiger partial charge is 0.435 e. The maximum Gasteiger partial charge on any atom is 0.435 e. The number of rotatable bonds is 6. The predicted molar refractivity (Wildman–Crippen MR) is 135 cm³/mol. The lowest BCUT2D eigenvalue weighted by Gasteiger charge is -2.15. The number of hydrogen-bond donors (Lipinski definition) is 0. The van der Waals surface area contributed by atoms with Crippen molar-refractivity contribution >= 4 is 17.5 Å². The average molecular weight is 526 g/mol. The normalized spacial score (nSPS) is 13.7. The fourth-order valence-corrected chi connectivity index (χ4v) is 4.54. The molecule has 1 aliphatic rings. The van der Waals surface area contributed by atoms with Crippen molar-refractivity contribution in [3.63, 3.8) is 0 Å². The summed E-state index contributed by atoms with van der Waals surface area (Å²) < 4.78 is 47.0. The summed E-state index contributed by atoms with van der Waals surface area (Å²) in [6, 6.07) is 22.2. The first-order valence-corrected chi connectivity index (χ1v) is 12.2. The zero-order valence-corrected chi connectivity index (χ0v) is 20.5. The molecule has 0 saturated carbocycles. The highest BCUT2D eigenvalue weighted by Gasteiger charge is 2.35. The van der Waals surface area contributed by atoms with Crippen LogP contribution in [-0.4, -0.2) is 33.7 Å². The van der Waals surface area contributed by atoms with E-state index < -0.39 is 11.9 Å². The van der Waals surface area contributed by atoms with Crippen LogP contribution in [0.4, 0.5) is 13.2 Å².